The number of nitrogens with zero attached hydrogens (tertiary/aromatic N) is 2. The fourth-order valence-corrected chi connectivity index (χ4v) is 3.20. The molecule has 0 aliphatic carbocycles. The summed E-state index contributed by atoms with van der Waals surface area (Å²) in [5.41, 5.74) is 0.167. The molecule has 0 aromatic carbocycles. The minimum Gasteiger partial charge on any atom is -0.481 e. The number of likely N-dealkylation sites (tertiary alicyclic amines) is 1. The third-order valence-corrected chi connectivity index (χ3v) is 4.43. The second-order valence-corrected chi connectivity index (χ2v) is 5.70. The van der Waals surface area contributed by atoms with Gasteiger partial charge in [0, 0.05) is 37.5 Å². The molecule has 6 nitrogen and oxygen atoms in total. The average molecular weight is 289 g/mol. The van der Waals surface area contributed by atoms with E-state index in [4.69, 9.17) is 4.74 Å². The molecule has 3 rings (SSSR count). The van der Waals surface area contributed by atoms with Gasteiger partial charge in [-0.05, 0) is 25.3 Å². The molecule has 6 heteroatoms. The number of ether oxygens (including phenoxy) is 1. The normalized spacial score (nSPS) is 25.0. The van der Waals surface area contributed by atoms with Crippen molar-refractivity contribution in [2.75, 3.05) is 26.7 Å². The molecule has 1 aromatic rings. The van der Waals surface area contributed by atoms with Gasteiger partial charge < -0.3 is 15.0 Å². The van der Waals surface area contributed by atoms with E-state index < -0.39 is 0 Å². The first-order valence-electron chi connectivity index (χ1n) is 7.22. The van der Waals surface area contributed by atoms with Gasteiger partial charge in [-0.3, -0.25) is 9.59 Å². The van der Waals surface area contributed by atoms with Crippen LogP contribution in [0.2, 0.25) is 0 Å². The Morgan fingerprint density at radius 1 is 1.48 bits per heavy atom. The van der Waals surface area contributed by atoms with Crippen molar-refractivity contribution in [3.8, 4) is 5.88 Å². The molecule has 0 saturated carbocycles. The Morgan fingerprint density at radius 2 is 2.33 bits per heavy atom. The van der Waals surface area contributed by atoms with E-state index in [1.165, 1.54) is 7.11 Å². The van der Waals surface area contributed by atoms with Gasteiger partial charge in [-0.2, -0.15) is 0 Å². The van der Waals surface area contributed by atoms with E-state index in [2.05, 4.69) is 10.3 Å². The first-order valence-corrected chi connectivity index (χ1v) is 7.22. The van der Waals surface area contributed by atoms with Crippen LogP contribution in [0.1, 0.15) is 29.6 Å². The molecule has 2 aliphatic rings. The van der Waals surface area contributed by atoms with Gasteiger partial charge in [-0.1, -0.05) is 0 Å². The lowest BCUT2D eigenvalue weighted by Gasteiger charge is -2.32. The van der Waals surface area contributed by atoms with Crippen molar-refractivity contribution in [3.05, 3.63) is 23.9 Å². The Hall–Kier alpha value is -2.11. The Bertz CT molecular complexity index is 575. The molecule has 1 spiro atoms. The lowest BCUT2D eigenvalue weighted by atomic mass is 9.79. The van der Waals surface area contributed by atoms with Crippen molar-refractivity contribution >= 4 is 11.8 Å². The van der Waals surface area contributed by atoms with E-state index in [0.717, 1.165) is 25.8 Å². The van der Waals surface area contributed by atoms with Gasteiger partial charge in [0.2, 0.25) is 11.8 Å². The van der Waals surface area contributed by atoms with Gasteiger partial charge in [0.05, 0.1) is 12.5 Å². The summed E-state index contributed by atoms with van der Waals surface area (Å²) >= 11 is 0. The van der Waals surface area contributed by atoms with Crippen molar-refractivity contribution in [2.24, 2.45) is 5.41 Å². The number of aromatic nitrogens is 1. The summed E-state index contributed by atoms with van der Waals surface area (Å²) in [6.07, 6.45) is 4.15. The highest BCUT2D eigenvalue weighted by Gasteiger charge is 2.46. The molecule has 0 unspecified atom stereocenters. The number of methoxy groups -OCH3 is 1. The van der Waals surface area contributed by atoms with E-state index in [9.17, 15) is 9.59 Å². The van der Waals surface area contributed by atoms with Crippen LogP contribution in [0.5, 0.6) is 5.88 Å². The fourth-order valence-electron chi connectivity index (χ4n) is 3.20. The lowest BCUT2D eigenvalue weighted by molar-refractivity contribution is -0.132. The first-order chi connectivity index (χ1) is 10.1. The number of piperidine rings is 1. The van der Waals surface area contributed by atoms with Crippen LogP contribution in [0, 0.1) is 5.41 Å². The molecule has 2 fully saturated rings. The van der Waals surface area contributed by atoms with Crippen LogP contribution < -0.4 is 10.1 Å². The summed E-state index contributed by atoms with van der Waals surface area (Å²) in [4.78, 5) is 30.5. The van der Waals surface area contributed by atoms with E-state index in [1.54, 1.807) is 23.2 Å². The maximum absolute atomic E-state index is 12.6. The van der Waals surface area contributed by atoms with Crippen LogP contribution in [0.25, 0.3) is 0 Å². The number of nitrogens with one attached hydrogen (secondary N) is 1. The summed E-state index contributed by atoms with van der Waals surface area (Å²) in [6, 6.07) is 3.31. The SMILES string of the molecule is COc1cc(C(=O)N2CC[C@@]3(CCCNC3=O)C2)ccn1. The highest BCUT2D eigenvalue weighted by Crippen LogP contribution is 2.37. The number of amides is 2. The molecule has 2 saturated heterocycles. The zero-order valence-corrected chi connectivity index (χ0v) is 12.1. The van der Waals surface area contributed by atoms with Crippen LogP contribution in [0.15, 0.2) is 18.3 Å². The molecule has 0 radical (unpaired) electrons. The summed E-state index contributed by atoms with van der Waals surface area (Å²) in [6.45, 7) is 1.87. The van der Waals surface area contributed by atoms with Crippen molar-refractivity contribution in [2.45, 2.75) is 19.3 Å². The first kappa shape index (κ1) is 13.9. The van der Waals surface area contributed by atoms with Crippen LogP contribution in [0.4, 0.5) is 0 Å². The number of hydrogen-bond acceptors (Lipinski definition) is 4. The van der Waals surface area contributed by atoms with Gasteiger partial charge in [0.15, 0.2) is 0 Å². The number of hydrogen-bond donors (Lipinski definition) is 1. The topological polar surface area (TPSA) is 71.5 Å². The highest BCUT2D eigenvalue weighted by atomic mass is 16.5. The fraction of sp³-hybridized carbons (Fsp3) is 0.533. The van der Waals surface area contributed by atoms with Gasteiger partial charge in [0.25, 0.3) is 5.91 Å². The predicted molar refractivity (Wildman–Crippen MR) is 76.0 cm³/mol. The van der Waals surface area contributed by atoms with E-state index in [1.807, 2.05) is 0 Å². The number of carbonyl (C=O) groups is 2. The Morgan fingerprint density at radius 3 is 3.10 bits per heavy atom. The monoisotopic (exact) mass is 289 g/mol. The number of pyridine rings is 1. The second kappa shape index (κ2) is 5.35. The molecule has 1 N–H and O–H groups in total. The molecule has 0 bridgehead atoms. The summed E-state index contributed by atoms with van der Waals surface area (Å²) in [7, 11) is 1.52. The molecule has 2 aliphatic heterocycles. The van der Waals surface area contributed by atoms with Gasteiger partial charge in [-0.25, -0.2) is 4.98 Å². The maximum Gasteiger partial charge on any atom is 0.254 e. The van der Waals surface area contributed by atoms with Crippen molar-refractivity contribution < 1.29 is 14.3 Å². The zero-order valence-electron chi connectivity index (χ0n) is 12.1. The second-order valence-electron chi connectivity index (χ2n) is 5.70. The predicted octanol–water partition coefficient (Wildman–Crippen LogP) is 0.832. The summed E-state index contributed by atoms with van der Waals surface area (Å²) in [5.74, 6) is 0.451. The van der Waals surface area contributed by atoms with Gasteiger partial charge in [0.1, 0.15) is 0 Å². The van der Waals surface area contributed by atoms with Gasteiger partial charge >= 0.3 is 0 Å². The molecule has 1 aromatic heterocycles. The van der Waals surface area contributed by atoms with Crippen LogP contribution in [-0.4, -0.2) is 48.4 Å². The maximum atomic E-state index is 12.6. The van der Waals surface area contributed by atoms with Crippen molar-refractivity contribution in [1.82, 2.24) is 15.2 Å². The van der Waals surface area contributed by atoms with E-state index in [-0.39, 0.29) is 17.2 Å². The molecule has 21 heavy (non-hydrogen) atoms. The molecule has 1 atom stereocenters. The molecule has 112 valence electrons. The Balaban J connectivity index is 1.76. The Labute approximate surface area is 123 Å². The minimum atomic E-state index is -0.384. The van der Waals surface area contributed by atoms with Gasteiger partial charge in [-0.15, -0.1) is 0 Å². The van der Waals surface area contributed by atoms with Crippen LogP contribution in [-0.2, 0) is 4.79 Å². The number of rotatable bonds is 2. The zero-order chi connectivity index (χ0) is 14.9. The Kier molecular flexibility index (Phi) is 3.53. The third kappa shape index (κ3) is 2.46. The third-order valence-electron chi connectivity index (χ3n) is 4.43. The number of carbonyl (C=O) groups excluding carboxylic acids is 2. The van der Waals surface area contributed by atoms with Crippen molar-refractivity contribution in [1.29, 1.82) is 0 Å². The highest BCUT2D eigenvalue weighted by molar-refractivity contribution is 5.95. The summed E-state index contributed by atoms with van der Waals surface area (Å²) in [5, 5.41) is 2.93. The molecular formula is C15H19N3O3. The average Bonchev–Trinajstić information content (AvgIpc) is 2.95. The lowest BCUT2D eigenvalue weighted by Crippen LogP contribution is -2.47. The quantitative estimate of drug-likeness (QED) is 0.875. The largest absolute Gasteiger partial charge is 0.481 e. The molecule has 2 amide bonds. The standard InChI is InChI=1S/C15H19N3O3/c1-21-12-9-11(3-7-16-12)13(19)18-8-5-15(10-18)4-2-6-17-14(15)20/h3,7,9H,2,4-6,8,10H2,1H3,(H,17,20)/t15-/m0/s1. The van der Waals surface area contributed by atoms with E-state index >= 15 is 0 Å². The molecule has 3 heterocycles. The summed E-state index contributed by atoms with van der Waals surface area (Å²) < 4.78 is 5.05. The smallest absolute Gasteiger partial charge is 0.254 e. The van der Waals surface area contributed by atoms with Crippen LogP contribution >= 0.6 is 0 Å². The van der Waals surface area contributed by atoms with E-state index in [0.29, 0.717) is 24.5 Å². The molecular weight excluding hydrogens is 270 g/mol. The van der Waals surface area contributed by atoms with Crippen LogP contribution in [0.3, 0.4) is 0 Å². The minimum absolute atomic E-state index is 0.0639. The van der Waals surface area contributed by atoms with Crippen molar-refractivity contribution in [3.63, 3.8) is 0 Å².